The molecule has 1 saturated heterocycles. The van der Waals surface area contributed by atoms with Gasteiger partial charge in [-0.15, -0.1) is 0 Å². The maximum absolute atomic E-state index is 12.2. The summed E-state index contributed by atoms with van der Waals surface area (Å²) >= 11 is 0. The highest BCUT2D eigenvalue weighted by molar-refractivity contribution is 5.89. The van der Waals surface area contributed by atoms with E-state index in [0.29, 0.717) is 24.8 Å². The summed E-state index contributed by atoms with van der Waals surface area (Å²) in [6.07, 6.45) is 0. The van der Waals surface area contributed by atoms with Crippen molar-refractivity contribution < 1.29 is 14.3 Å². The molecule has 0 bridgehead atoms. The van der Waals surface area contributed by atoms with Gasteiger partial charge in [-0.05, 0) is 30.5 Å². The number of hydrogen-bond donors (Lipinski definition) is 1. The summed E-state index contributed by atoms with van der Waals surface area (Å²) in [6.45, 7) is 6.93. The van der Waals surface area contributed by atoms with Crippen molar-refractivity contribution in [2.75, 3.05) is 19.7 Å². The molecule has 1 aromatic rings. The van der Waals surface area contributed by atoms with Crippen LogP contribution in [0.5, 0.6) is 5.75 Å². The molecular formula is C16H22N2O3. The van der Waals surface area contributed by atoms with Gasteiger partial charge in [0.1, 0.15) is 11.8 Å². The van der Waals surface area contributed by atoms with E-state index in [1.54, 1.807) is 11.8 Å². The zero-order chi connectivity index (χ0) is 15.4. The summed E-state index contributed by atoms with van der Waals surface area (Å²) in [5.74, 6) is 0.822. The lowest BCUT2D eigenvalue weighted by Crippen LogP contribution is -2.56. The van der Waals surface area contributed by atoms with Gasteiger partial charge in [0.15, 0.2) is 6.61 Å². The van der Waals surface area contributed by atoms with E-state index in [1.807, 2.05) is 24.3 Å². The quantitative estimate of drug-likeness (QED) is 0.915. The van der Waals surface area contributed by atoms with E-state index < -0.39 is 6.04 Å². The van der Waals surface area contributed by atoms with Crippen LogP contribution in [0, 0.1) is 0 Å². The molecule has 1 N–H and O–H groups in total. The first-order valence-electron chi connectivity index (χ1n) is 7.29. The summed E-state index contributed by atoms with van der Waals surface area (Å²) in [4.78, 5) is 25.3. The average molecular weight is 290 g/mol. The minimum Gasteiger partial charge on any atom is -0.484 e. The number of nitrogens with zero attached hydrogens (tertiary/aromatic N) is 1. The summed E-state index contributed by atoms with van der Waals surface area (Å²) < 4.78 is 5.57. The van der Waals surface area contributed by atoms with Crippen LogP contribution in [0.4, 0.5) is 0 Å². The predicted molar refractivity (Wildman–Crippen MR) is 80.2 cm³/mol. The largest absolute Gasteiger partial charge is 0.484 e. The molecule has 0 aliphatic carbocycles. The smallest absolute Gasteiger partial charge is 0.261 e. The van der Waals surface area contributed by atoms with E-state index in [9.17, 15) is 9.59 Å². The monoisotopic (exact) mass is 290 g/mol. The minimum absolute atomic E-state index is 0.0425. The lowest BCUT2D eigenvalue weighted by atomic mass is 10.0. The molecule has 1 heterocycles. The lowest BCUT2D eigenvalue weighted by molar-refractivity contribution is -0.143. The number of nitrogens with one attached hydrogen (secondary N) is 1. The Morgan fingerprint density at radius 2 is 2.24 bits per heavy atom. The molecule has 2 rings (SSSR count). The van der Waals surface area contributed by atoms with Crippen LogP contribution in [-0.4, -0.2) is 42.5 Å². The maximum atomic E-state index is 12.2. The molecule has 1 aromatic carbocycles. The van der Waals surface area contributed by atoms with E-state index in [-0.39, 0.29) is 18.4 Å². The Balaban J connectivity index is 1.94. The van der Waals surface area contributed by atoms with Gasteiger partial charge in [-0.2, -0.15) is 0 Å². The Morgan fingerprint density at radius 1 is 1.48 bits per heavy atom. The molecule has 2 amide bonds. The number of hydrogen-bond acceptors (Lipinski definition) is 3. The molecular weight excluding hydrogens is 268 g/mol. The maximum Gasteiger partial charge on any atom is 0.261 e. The standard InChI is InChI=1S/C16H22N2O3/c1-11(2)13-5-4-6-14(9-13)21-10-15(19)18-8-7-17-16(20)12(18)3/h4-6,9,11-12H,7-8,10H2,1-3H3,(H,17,20). The first-order chi connectivity index (χ1) is 9.99. The fourth-order valence-corrected chi connectivity index (χ4v) is 2.31. The van der Waals surface area contributed by atoms with Crippen molar-refractivity contribution in [1.29, 1.82) is 0 Å². The lowest BCUT2D eigenvalue weighted by Gasteiger charge is -2.32. The molecule has 0 radical (unpaired) electrons. The molecule has 1 fully saturated rings. The predicted octanol–water partition coefficient (Wildman–Crippen LogP) is 1.54. The molecule has 0 saturated carbocycles. The van der Waals surface area contributed by atoms with E-state index >= 15 is 0 Å². The van der Waals surface area contributed by atoms with Crippen molar-refractivity contribution in [2.45, 2.75) is 32.7 Å². The Labute approximate surface area is 125 Å². The minimum atomic E-state index is -0.433. The van der Waals surface area contributed by atoms with E-state index in [0.717, 1.165) is 0 Å². The average Bonchev–Trinajstić information content (AvgIpc) is 2.48. The second kappa shape index (κ2) is 6.61. The number of amides is 2. The third-order valence-electron chi connectivity index (χ3n) is 3.71. The van der Waals surface area contributed by atoms with Gasteiger partial charge in [-0.1, -0.05) is 26.0 Å². The van der Waals surface area contributed by atoms with Gasteiger partial charge < -0.3 is 15.0 Å². The van der Waals surface area contributed by atoms with E-state index in [4.69, 9.17) is 4.74 Å². The Morgan fingerprint density at radius 3 is 2.95 bits per heavy atom. The molecule has 1 aliphatic rings. The van der Waals surface area contributed by atoms with Gasteiger partial charge in [0.2, 0.25) is 5.91 Å². The highest BCUT2D eigenvalue weighted by Crippen LogP contribution is 2.20. The van der Waals surface area contributed by atoms with Crippen molar-refractivity contribution in [3.8, 4) is 5.75 Å². The molecule has 0 aromatic heterocycles. The van der Waals surface area contributed by atoms with Crippen molar-refractivity contribution >= 4 is 11.8 Å². The molecule has 1 unspecified atom stereocenters. The normalized spacial score (nSPS) is 18.6. The van der Waals surface area contributed by atoms with E-state index in [1.165, 1.54) is 5.56 Å². The van der Waals surface area contributed by atoms with Crippen LogP contribution >= 0.6 is 0 Å². The van der Waals surface area contributed by atoms with Crippen molar-refractivity contribution in [3.05, 3.63) is 29.8 Å². The van der Waals surface area contributed by atoms with Crippen LogP contribution in [0.15, 0.2) is 24.3 Å². The number of piperazine rings is 1. The first-order valence-corrected chi connectivity index (χ1v) is 7.29. The number of rotatable bonds is 4. The Kier molecular flexibility index (Phi) is 4.83. The SMILES string of the molecule is CC(C)c1cccc(OCC(=O)N2CCNC(=O)C2C)c1. The fraction of sp³-hybridized carbons (Fsp3) is 0.500. The number of ether oxygens (including phenoxy) is 1. The van der Waals surface area contributed by atoms with Gasteiger partial charge >= 0.3 is 0 Å². The first kappa shape index (κ1) is 15.4. The molecule has 114 valence electrons. The van der Waals surface area contributed by atoms with Gasteiger partial charge in [0.05, 0.1) is 0 Å². The number of carbonyl (C=O) groups excluding carboxylic acids is 2. The van der Waals surface area contributed by atoms with Gasteiger partial charge in [-0.25, -0.2) is 0 Å². The second-order valence-corrected chi connectivity index (χ2v) is 5.57. The van der Waals surface area contributed by atoms with Crippen LogP contribution in [0.3, 0.4) is 0 Å². The molecule has 1 aliphatic heterocycles. The molecule has 21 heavy (non-hydrogen) atoms. The third-order valence-corrected chi connectivity index (χ3v) is 3.71. The topological polar surface area (TPSA) is 58.6 Å². The van der Waals surface area contributed by atoms with Crippen molar-refractivity contribution in [1.82, 2.24) is 10.2 Å². The van der Waals surface area contributed by atoms with Crippen LogP contribution in [0.1, 0.15) is 32.3 Å². The van der Waals surface area contributed by atoms with Gasteiger partial charge in [-0.3, -0.25) is 9.59 Å². The molecule has 1 atom stereocenters. The van der Waals surface area contributed by atoms with Crippen molar-refractivity contribution in [3.63, 3.8) is 0 Å². The van der Waals surface area contributed by atoms with Crippen LogP contribution in [-0.2, 0) is 9.59 Å². The summed E-state index contributed by atoms with van der Waals surface area (Å²) in [6, 6.07) is 7.31. The number of carbonyl (C=O) groups is 2. The summed E-state index contributed by atoms with van der Waals surface area (Å²) in [5, 5.41) is 2.74. The third kappa shape index (κ3) is 3.74. The van der Waals surface area contributed by atoms with Crippen molar-refractivity contribution in [2.24, 2.45) is 0 Å². The molecule has 0 spiro atoms. The zero-order valence-corrected chi connectivity index (χ0v) is 12.8. The second-order valence-electron chi connectivity index (χ2n) is 5.57. The zero-order valence-electron chi connectivity index (χ0n) is 12.8. The highest BCUT2D eigenvalue weighted by atomic mass is 16.5. The van der Waals surface area contributed by atoms with E-state index in [2.05, 4.69) is 19.2 Å². The Hall–Kier alpha value is -2.04. The van der Waals surface area contributed by atoms with Crippen LogP contribution < -0.4 is 10.1 Å². The molecule has 5 heteroatoms. The van der Waals surface area contributed by atoms with Crippen LogP contribution in [0.25, 0.3) is 0 Å². The Bertz CT molecular complexity index is 528. The molecule has 5 nitrogen and oxygen atoms in total. The summed E-state index contributed by atoms with van der Waals surface area (Å²) in [7, 11) is 0. The van der Waals surface area contributed by atoms with Gasteiger partial charge in [0.25, 0.3) is 5.91 Å². The number of benzene rings is 1. The summed E-state index contributed by atoms with van der Waals surface area (Å²) in [5.41, 5.74) is 1.17. The van der Waals surface area contributed by atoms with Crippen LogP contribution in [0.2, 0.25) is 0 Å². The highest BCUT2D eigenvalue weighted by Gasteiger charge is 2.29. The van der Waals surface area contributed by atoms with Gasteiger partial charge in [0, 0.05) is 13.1 Å². The fourth-order valence-electron chi connectivity index (χ4n) is 2.31.